The molecule has 1 unspecified atom stereocenters. The first-order chi connectivity index (χ1) is 14.1. The molecule has 30 heavy (non-hydrogen) atoms. The van der Waals surface area contributed by atoms with Gasteiger partial charge in [-0.2, -0.15) is 0 Å². The molecule has 0 aliphatic rings. The lowest BCUT2D eigenvalue weighted by molar-refractivity contribution is -0.394. The Morgan fingerprint density at radius 3 is 2.23 bits per heavy atom. The molecular weight excluding hydrogens is 396 g/mol. The molecular formula is C20H28N2O8. The summed E-state index contributed by atoms with van der Waals surface area (Å²) in [4.78, 5) is 44.5. The van der Waals surface area contributed by atoms with Crippen LogP contribution in [-0.4, -0.2) is 27.9 Å². The van der Waals surface area contributed by atoms with E-state index in [9.17, 15) is 29.8 Å². The summed E-state index contributed by atoms with van der Waals surface area (Å²) >= 11 is 0. The molecule has 1 atom stereocenters. The summed E-state index contributed by atoms with van der Waals surface area (Å²) < 4.78 is 10.5. The fourth-order valence-corrected chi connectivity index (χ4v) is 2.83. The second kappa shape index (κ2) is 11.8. The zero-order valence-corrected chi connectivity index (χ0v) is 17.7. The number of rotatable bonds is 12. The highest BCUT2D eigenvalue weighted by Gasteiger charge is 2.22. The molecule has 0 aliphatic heterocycles. The van der Waals surface area contributed by atoms with Gasteiger partial charge in [0.25, 0.3) is 11.4 Å². The van der Waals surface area contributed by atoms with Gasteiger partial charge in [-0.25, -0.2) is 0 Å². The van der Waals surface area contributed by atoms with Gasteiger partial charge in [-0.1, -0.05) is 27.2 Å². The Labute approximate surface area is 174 Å². The number of esters is 2. The number of nitro groups is 2. The second-order valence-electron chi connectivity index (χ2n) is 7.34. The van der Waals surface area contributed by atoms with Crippen LogP contribution in [0.5, 0.6) is 0 Å². The molecule has 10 heteroatoms. The Balaban J connectivity index is 2.58. The predicted octanol–water partition coefficient (Wildman–Crippen LogP) is 4.39. The van der Waals surface area contributed by atoms with E-state index >= 15 is 0 Å². The monoisotopic (exact) mass is 424 g/mol. The average Bonchev–Trinajstić information content (AvgIpc) is 2.66. The molecule has 1 rings (SSSR count). The van der Waals surface area contributed by atoms with Gasteiger partial charge in [-0.05, 0) is 25.7 Å². The van der Waals surface area contributed by atoms with Crippen molar-refractivity contribution < 1.29 is 28.9 Å². The summed E-state index contributed by atoms with van der Waals surface area (Å²) in [5.74, 6) is -0.772. The zero-order chi connectivity index (χ0) is 22.8. The van der Waals surface area contributed by atoms with Gasteiger partial charge in [0.1, 0.15) is 12.7 Å². The molecule has 0 N–H and O–H groups in total. The first-order valence-electron chi connectivity index (χ1n) is 9.84. The third-order valence-corrected chi connectivity index (χ3v) is 4.63. The van der Waals surface area contributed by atoms with E-state index in [0.717, 1.165) is 25.0 Å². The van der Waals surface area contributed by atoms with Gasteiger partial charge in [0.15, 0.2) is 0 Å². The standard InChI is InChI=1S/C20H28N2O8/c1-5-7-18(13(2)3)30-20(24)9-6-8-19(23)29-12-15-10-16(21(25)26)11-17(14(15)4)22(27)28/h10-11,13,18H,5-9,12H2,1-4H3. The summed E-state index contributed by atoms with van der Waals surface area (Å²) in [7, 11) is 0. The minimum atomic E-state index is -0.744. The lowest BCUT2D eigenvalue weighted by Crippen LogP contribution is -2.23. The Bertz CT molecular complexity index is 791. The third-order valence-electron chi connectivity index (χ3n) is 4.63. The maximum absolute atomic E-state index is 11.9. The van der Waals surface area contributed by atoms with E-state index in [1.807, 2.05) is 20.8 Å². The number of hydrogen-bond acceptors (Lipinski definition) is 8. The van der Waals surface area contributed by atoms with E-state index < -0.39 is 27.2 Å². The molecule has 1 aromatic rings. The fraction of sp³-hybridized carbons (Fsp3) is 0.600. The molecule has 0 saturated carbocycles. The van der Waals surface area contributed by atoms with Gasteiger partial charge < -0.3 is 9.47 Å². The largest absolute Gasteiger partial charge is 0.462 e. The van der Waals surface area contributed by atoms with Gasteiger partial charge in [0.2, 0.25) is 0 Å². The van der Waals surface area contributed by atoms with Gasteiger partial charge in [0, 0.05) is 30.0 Å². The highest BCUT2D eigenvalue weighted by Crippen LogP contribution is 2.28. The van der Waals surface area contributed by atoms with Crippen LogP contribution < -0.4 is 0 Å². The van der Waals surface area contributed by atoms with Crippen molar-refractivity contribution in [1.82, 2.24) is 0 Å². The first-order valence-corrected chi connectivity index (χ1v) is 9.84. The quantitative estimate of drug-likeness (QED) is 0.273. The van der Waals surface area contributed by atoms with Crippen LogP contribution >= 0.6 is 0 Å². The molecule has 0 spiro atoms. The topological polar surface area (TPSA) is 139 Å². The van der Waals surface area contributed by atoms with E-state index in [1.54, 1.807) is 0 Å². The van der Waals surface area contributed by atoms with E-state index in [0.29, 0.717) is 0 Å². The summed E-state index contributed by atoms with van der Waals surface area (Å²) in [6.07, 6.45) is 1.80. The molecule has 0 heterocycles. The second-order valence-corrected chi connectivity index (χ2v) is 7.34. The van der Waals surface area contributed by atoms with E-state index in [4.69, 9.17) is 9.47 Å². The molecule has 166 valence electrons. The zero-order valence-electron chi connectivity index (χ0n) is 17.7. The van der Waals surface area contributed by atoms with E-state index in [-0.39, 0.29) is 55.0 Å². The number of hydrogen-bond donors (Lipinski definition) is 0. The van der Waals surface area contributed by atoms with Crippen LogP contribution in [0.25, 0.3) is 0 Å². The van der Waals surface area contributed by atoms with Crippen LogP contribution in [0.1, 0.15) is 64.0 Å². The summed E-state index contributed by atoms with van der Waals surface area (Å²) in [6.45, 7) is 7.07. The number of carbonyl (C=O) groups excluding carboxylic acids is 2. The van der Waals surface area contributed by atoms with Crippen LogP contribution in [0.4, 0.5) is 11.4 Å². The van der Waals surface area contributed by atoms with Crippen LogP contribution in [0.15, 0.2) is 12.1 Å². The molecule has 0 fully saturated rings. The van der Waals surface area contributed by atoms with E-state index in [1.165, 1.54) is 6.92 Å². The number of nitro benzene ring substituents is 2. The van der Waals surface area contributed by atoms with Crippen molar-refractivity contribution in [2.24, 2.45) is 5.92 Å². The van der Waals surface area contributed by atoms with Crippen LogP contribution in [0.2, 0.25) is 0 Å². The molecule has 0 bridgehead atoms. The van der Waals surface area contributed by atoms with Crippen molar-refractivity contribution in [2.75, 3.05) is 0 Å². The highest BCUT2D eigenvalue weighted by atomic mass is 16.6. The number of benzene rings is 1. The fourth-order valence-electron chi connectivity index (χ4n) is 2.83. The van der Waals surface area contributed by atoms with Crippen molar-refractivity contribution in [3.05, 3.63) is 43.5 Å². The highest BCUT2D eigenvalue weighted by molar-refractivity contribution is 5.72. The van der Waals surface area contributed by atoms with Gasteiger partial charge >= 0.3 is 11.9 Å². The van der Waals surface area contributed by atoms with E-state index in [2.05, 4.69) is 0 Å². The van der Waals surface area contributed by atoms with Crippen molar-refractivity contribution >= 4 is 23.3 Å². The average molecular weight is 424 g/mol. The number of nitrogens with zero attached hydrogens (tertiary/aromatic N) is 2. The molecule has 0 amide bonds. The minimum Gasteiger partial charge on any atom is -0.462 e. The maximum Gasteiger partial charge on any atom is 0.306 e. The SMILES string of the molecule is CCCC(OC(=O)CCCC(=O)OCc1cc([N+](=O)[O-])cc([N+](=O)[O-])c1C)C(C)C. The van der Waals surface area contributed by atoms with Gasteiger partial charge in [0.05, 0.1) is 15.9 Å². The smallest absolute Gasteiger partial charge is 0.306 e. The van der Waals surface area contributed by atoms with Crippen molar-refractivity contribution in [3.8, 4) is 0 Å². The normalized spacial score (nSPS) is 11.8. The van der Waals surface area contributed by atoms with Crippen LogP contribution in [0.3, 0.4) is 0 Å². The summed E-state index contributed by atoms with van der Waals surface area (Å²) in [5, 5.41) is 22.1. The predicted molar refractivity (Wildman–Crippen MR) is 108 cm³/mol. The number of carbonyl (C=O) groups is 2. The van der Waals surface area contributed by atoms with Gasteiger partial charge in [-0.15, -0.1) is 0 Å². The summed E-state index contributed by atoms with van der Waals surface area (Å²) in [5.41, 5.74) is -0.488. The number of ether oxygens (including phenoxy) is 2. The molecule has 1 aromatic carbocycles. The lowest BCUT2D eigenvalue weighted by Gasteiger charge is -2.20. The first kappa shape index (κ1) is 25.0. The molecule has 0 aliphatic carbocycles. The Morgan fingerprint density at radius 1 is 1.07 bits per heavy atom. The Hall–Kier alpha value is -3.04. The van der Waals surface area contributed by atoms with Crippen molar-refractivity contribution in [1.29, 1.82) is 0 Å². The van der Waals surface area contributed by atoms with Crippen LogP contribution in [0, 0.1) is 33.1 Å². The maximum atomic E-state index is 11.9. The molecule has 0 aromatic heterocycles. The molecule has 10 nitrogen and oxygen atoms in total. The minimum absolute atomic E-state index is 0.0364. The number of non-ortho nitro benzene ring substituents is 1. The van der Waals surface area contributed by atoms with Crippen LogP contribution in [-0.2, 0) is 25.7 Å². The third kappa shape index (κ3) is 7.76. The molecule has 0 radical (unpaired) electrons. The van der Waals surface area contributed by atoms with Crippen molar-refractivity contribution in [2.45, 2.75) is 72.5 Å². The Morgan fingerprint density at radius 2 is 1.70 bits per heavy atom. The summed E-state index contributed by atoms with van der Waals surface area (Å²) in [6, 6.07) is 2.02. The Kier molecular flexibility index (Phi) is 9.87. The molecule has 0 saturated heterocycles. The van der Waals surface area contributed by atoms with Crippen molar-refractivity contribution in [3.63, 3.8) is 0 Å². The lowest BCUT2D eigenvalue weighted by atomic mass is 10.0. The van der Waals surface area contributed by atoms with Gasteiger partial charge in [-0.3, -0.25) is 29.8 Å².